The molecule has 3 nitrogen and oxygen atoms in total. The molecule has 3 rings (SSSR count). The molecule has 0 aliphatic heterocycles. The number of hydrogen-bond donors (Lipinski definition) is 1. The van der Waals surface area contributed by atoms with Gasteiger partial charge in [-0.25, -0.2) is 0 Å². The molecule has 1 aromatic heterocycles. The van der Waals surface area contributed by atoms with E-state index >= 15 is 0 Å². The van der Waals surface area contributed by atoms with Crippen LogP contribution in [0, 0.1) is 0 Å². The molecule has 2 unspecified atom stereocenters. The summed E-state index contributed by atoms with van der Waals surface area (Å²) < 4.78 is 5.49. The van der Waals surface area contributed by atoms with Crippen LogP contribution in [0.1, 0.15) is 23.3 Å². The largest absolute Gasteiger partial charge is 0.385 e. The highest BCUT2D eigenvalue weighted by molar-refractivity contribution is 5.78. The molecular formula is C18H17NO2. The number of aliphatic hydroxyl groups excluding tert-OH is 1. The van der Waals surface area contributed by atoms with Gasteiger partial charge in [0.15, 0.2) is 0 Å². The van der Waals surface area contributed by atoms with E-state index in [9.17, 15) is 5.11 Å². The molecule has 3 heteroatoms. The number of ether oxygens (including phenoxy) is 1. The van der Waals surface area contributed by atoms with Gasteiger partial charge in [-0.15, -0.1) is 0 Å². The van der Waals surface area contributed by atoms with Crippen LogP contribution in [0.15, 0.2) is 66.9 Å². The van der Waals surface area contributed by atoms with Crippen LogP contribution in [0.4, 0.5) is 0 Å². The number of methoxy groups -OCH3 is 1. The van der Waals surface area contributed by atoms with Gasteiger partial charge in [-0.2, -0.15) is 0 Å². The van der Waals surface area contributed by atoms with E-state index in [2.05, 4.69) is 4.98 Å². The molecule has 0 bridgehead atoms. The van der Waals surface area contributed by atoms with Crippen LogP contribution >= 0.6 is 0 Å². The lowest BCUT2D eigenvalue weighted by Gasteiger charge is -2.22. The summed E-state index contributed by atoms with van der Waals surface area (Å²) in [5.74, 6) is 0. The molecule has 106 valence electrons. The van der Waals surface area contributed by atoms with E-state index in [0.717, 1.165) is 22.0 Å². The van der Waals surface area contributed by atoms with Crippen molar-refractivity contribution in [3.63, 3.8) is 0 Å². The molecule has 21 heavy (non-hydrogen) atoms. The number of aromatic nitrogens is 1. The molecule has 2 aromatic carbocycles. The van der Waals surface area contributed by atoms with Crippen molar-refractivity contribution >= 4 is 10.9 Å². The highest BCUT2D eigenvalue weighted by atomic mass is 16.5. The number of rotatable bonds is 4. The number of fused-ring (bicyclic) bond motifs is 1. The van der Waals surface area contributed by atoms with Gasteiger partial charge >= 0.3 is 0 Å². The molecule has 0 radical (unpaired) electrons. The predicted molar refractivity (Wildman–Crippen MR) is 82.9 cm³/mol. The van der Waals surface area contributed by atoms with Crippen LogP contribution in [0.3, 0.4) is 0 Å². The first-order valence-electron chi connectivity index (χ1n) is 6.90. The summed E-state index contributed by atoms with van der Waals surface area (Å²) >= 11 is 0. The van der Waals surface area contributed by atoms with E-state index in [4.69, 9.17) is 4.74 Å². The Morgan fingerprint density at radius 3 is 2.52 bits per heavy atom. The Morgan fingerprint density at radius 1 is 0.952 bits per heavy atom. The molecular weight excluding hydrogens is 262 g/mol. The number of aliphatic hydroxyl groups is 1. The predicted octanol–water partition coefficient (Wildman–Crippen LogP) is 3.66. The Morgan fingerprint density at radius 2 is 1.76 bits per heavy atom. The van der Waals surface area contributed by atoms with Gasteiger partial charge in [0.1, 0.15) is 12.2 Å². The zero-order valence-electron chi connectivity index (χ0n) is 11.8. The van der Waals surface area contributed by atoms with Crippen molar-refractivity contribution in [1.29, 1.82) is 0 Å². The zero-order chi connectivity index (χ0) is 14.7. The second kappa shape index (κ2) is 6.04. The van der Waals surface area contributed by atoms with Crippen molar-refractivity contribution in [2.45, 2.75) is 12.2 Å². The molecule has 0 amide bonds. The molecule has 1 heterocycles. The minimum atomic E-state index is -0.733. The minimum absolute atomic E-state index is 0.396. The fraction of sp³-hybridized carbons (Fsp3) is 0.167. The van der Waals surface area contributed by atoms with Crippen LogP contribution in [-0.2, 0) is 4.74 Å². The summed E-state index contributed by atoms with van der Waals surface area (Å²) in [6.45, 7) is 0. The van der Waals surface area contributed by atoms with Crippen molar-refractivity contribution < 1.29 is 9.84 Å². The number of pyridine rings is 1. The fourth-order valence-electron chi connectivity index (χ4n) is 2.53. The van der Waals surface area contributed by atoms with E-state index in [1.807, 2.05) is 60.7 Å². The average molecular weight is 279 g/mol. The Kier molecular flexibility index (Phi) is 3.95. The summed E-state index contributed by atoms with van der Waals surface area (Å²) in [5, 5.41) is 11.7. The maximum absolute atomic E-state index is 10.6. The number of hydrogen-bond acceptors (Lipinski definition) is 3. The van der Waals surface area contributed by atoms with Gasteiger partial charge in [-0.05, 0) is 23.3 Å². The fourth-order valence-corrected chi connectivity index (χ4v) is 2.53. The summed E-state index contributed by atoms with van der Waals surface area (Å²) in [6.07, 6.45) is 0.625. The van der Waals surface area contributed by atoms with E-state index in [-0.39, 0.29) is 0 Å². The maximum Gasteiger partial charge on any atom is 0.112 e. The van der Waals surface area contributed by atoms with Gasteiger partial charge in [0, 0.05) is 18.7 Å². The SMILES string of the molecule is COC(c1ccccc1)C(O)c1ccc2cccnc2c1. The Balaban J connectivity index is 1.96. The summed E-state index contributed by atoms with van der Waals surface area (Å²) in [5.41, 5.74) is 2.63. The number of benzene rings is 2. The van der Waals surface area contributed by atoms with E-state index in [1.165, 1.54) is 0 Å². The second-order valence-corrected chi connectivity index (χ2v) is 4.97. The topological polar surface area (TPSA) is 42.4 Å². The van der Waals surface area contributed by atoms with Crippen molar-refractivity contribution in [1.82, 2.24) is 4.98 Å². The zero-order valence-corrected chi connectivity index (χ0v) is 11.8. The molecule has 2 atom stereocenters. The van der Waals surface area contributed by atoms with Gasteiger partial charge in [-0.1, -0.05) is 48.5 Å². The van der Waals surface area contributed by atoms with Crippen LogP contribution in [-0.4, -0.2) is 17.2 Å². The summed E-state index contributed by atoms with van der Waals surface area (Å²) in [7, 11) is 1.61. The lowest BCUT2D eigenvalue weighted by molar-refractivity contribution is -0.0148. The van der Waals surface area contributed by atoms with Gasteiger partial charge in [0.05, 0.1) is 5.52 Å². The van der Waals surface area contributed by atoms with Crippen LogP contribution in [0.25, 0.3) is 10.9 Å². The van der Waals surface area contributed by atoms with Gasteiger partial charge in [0.25, 0.3) is 0 Å². The lowest BCUT2D eigenvalue weighted by Crippen LogP contribution is -2.13. The number of nitrogens with zero attached hydrogens (tertiary/aromatic N) is 1. The van der Waals surface area contributed by atoms with Crippen LogP contribution < -0.4 is 0 Å². The minimum Gasteiger partial charge on any atom is -0.385 e. The second-order valence-electron chi connectivity index (χ2n) is 4.97. The van der Waals surface area contributed by atoms with Crippen LogP contribution in [0.2, 0.25) is 0 Å². The van der Waals surface area contributed by atoms with E-state index < -0.39 is 12.2 Å². The van der Waals surface area contributed by atoms with Gasteiger partial charge in [-0.3, -0.25) is 4.98 Å². The maximum atomic E-state index is 10.6. The average Bonchev–Trinajstić information content (AvgIpc) is 2.56. The molecule has 0 saturated carbocycles. The molecule has 0 aliphatic rings. The monoisotopic (exact) mass is 279 g/mol. The van der Waals surface area contributed by atoms with Crippen molar-refractivity contribution in [2.75, 3.05) is 7.11 Å². The molecule has 1 N–H and O–H groups in total. The molecule has 0 fully saturated rings. The third kappa shape index (κ3) is 2.79. The van der Waals surface area contributed by atoms with Crippen LogP contribution in [0.5, 0.6) is 0 Å². The normalized spacial score (nSPS) is 14.0. The van der Waals surface area contributed by atoms with Crippen molar-refractivity contribution in [3.8, 4) is 0 Å². The van der Waals surface area contributed by atoms with Gasteiger partial charge in [0.2, 0.25) is 0 Å². The molecule has 0 spiro atoms. The van der Waals surface area contributed by atoms with Crippen molar-refractivity contribution in [2.24, 2.45) is 0 Å². The molecule has 0 aliphatic carbocycles. The first-order valence-corrected chi connectivity index (χ1v) is 6.90. The van der Waals surface area contributed by atoms with E-state index in [0.29, 0.717) is 0 Å². The van der Waals surface area contributed by atoms with Crippen molar-refractivity contribution in [3.05, 3.63) is 78.0 Å². The smallest absolute Gasteiger partial charge is 0.112 e. The lowest BCUT2D eigenvalue weighted by atomic mass is 9.97. The third-order valence-electron chi connectivity index (χ3n) is 3.64. The highest BCUT2D eigenvalue weighted by Gasteiger charge is 2.22. The Bertz CT molecular complexity index is 727. The Hall–Kier alpha value is -2.23. The summed E-state index contributed by atoms with van der Waals surface area (Å²) in [4.78, 5) is 4.33. The molecule has 3 aromatic rings. The van der Waals surface area contributed by atoms with Gasteiger partial charge < -0.3 is 9.84 Å². The van der Waals surface area contributed by atoms with E-state index in [1.54, 1.807) is 13.3 Å². The first kappa shape index (κ1) is 13.7. The standard InChI is InChI=1S/C18H17NO2/c1-21-18(14-6-3-2-4-7-14)17(20)15-10-9-13-8-5-11-19-16(13)12-15/h2-12,17-18,20H,1H3. The first-order chi connectivity index (χ1) is 10.3. The quantitative estimate of drug-likeness (QED) is 0.792. The molecule has 0 saturated heterocycles. The highest BCUT2D eigenvalue weighted by Crippen LogP contribution is 2.32. The summed E-state index contributed by atoms with van der Waals surface area (Å²) in [6, 6.07) is 19.4. The Labute approximate surface area is 123 Å². The third-order valence-corrected chi connectivity index (χ3v) is 3.64.